The third-order valence-electron chi connectivity index (χ3n) is 1.75. The molecule has 0 aliphatic carbocycles. The number of rotatable bonds is 3. The average Bonchev–Trinajstić information content (AvgIpc) is 2.06. The van der Waals surface area contributed by atoms with Gasteiger partial charge >= 0.3 is 0 Å². The van der Waals surface area contributed by atoms with E-state index >= 15 is 0 Å². The van der Waals surface area contributed by atoms with E-state index < -0.39 is 0 Å². The van der Waals surface area contributed by atoms with E-state index in [4.69, 9.17) is 4.74 Å². The first-order valence-corrected chi connectivity index (χ1v) is 4.91. The van der Waals surface area contributed by atoms with Gasteiger partial charge in [0, 0.05) is 0 Å². The van der Waals surface area contributed by atoms with Crippen molar-refractivity contribution in [1.29, 1.82) is 0 Å². The van der Waals surface area contributed by atoms with Crippen molar-refractivity contribution in [3.63, 3.8) is 0 Å². The van der Waals surface area contributed by atoms with Gasteiger partial charge < -0.3 is 4.74 Å². The quantitative estimate of drug-likeness (QED) is 0.662. The van der Waals surface area contributed by atoms with Crippen LogP contribution in [0.4, 0.5) is 0 Å². The Morgan fingerprint density at radius 3 is 2.50 bits per heavy atom. The van der Waals surface area contributed by atoms with E-state index in [9.17, 15) is 0 Å². The Hall–Kier alpha value is -1.24. The molecule has 1 nitrogen and oxygen atoms in total. The molecule has 0 N–H and O–H groups in total. The molecule has 0 unspecified atom stereocenters. The van der Waals surface area contributed by atoms with Gasteiger partial charge in [0.15, 0.2) is 0 Å². The number of benzene rings is 1. The van der Waals surface area contributed by atoms with Crippen molar-refractivity contribution >= 4 is 0 Å². The predicted molar refractivity (Wildman–Crippen MR) is 60.7 cm³/mol. The number of para-hydroxylation sites is 1. The summed E-state index contributed by atoms with van der Waals surface area (Å²) in [5.74, 6) is 0.958. The third kappa shape index (κ3) is 3.25. The Labute approximate surface area is 86.4 Å². The average molecular weight is 190 g/mol. The maximum Gasteiger partial charge on any atom is 0.123 e. The molecule has 1 rings (SSSR count). The van der Waals surface area contributed by atoms with Gasteiger partial charge in [0.05, 0.1) is 0 Å². The van der Waals surface area contributed by atoms with Gasteiger partial charge in [-0.25, -0.2) is 0 Å². The summed E-state index contributed by atoms with van der Waals surface area (Å²) in [5, 5.41) is 0. The van der Waals surface area contributed by atoms with E-state index in [1.165, 1.54) is 5.56 Å². The molecule has 0 saturated heterocycles. The van der Waals surface area contributed by atoms with E-state index in [1.54, 1.807) is 0 Å². The standard InChI is InChI=1S/C13H18O/c1-5-8-11-9-6-7-10-12(11)14-13(2,3)4/h5-7,9-10H,1,8H2,2-4H3. The van der Waals surface area contributed by atoms with Crippen LogP contribution in [0.5, 0.6) is 5.75 Å². The van der Waals surface area contributed by atoms with Crippen molar-refractivity contribution < 1.29 is 4.74 Å². The highest BCUT2D eigenvalue weighted by atomic mass is 16.5. The molecule has 0 aliphatic heterocycles. The molecule has 0 heterocycles. The summed E-state index contributed by atoms with van der Waals surface area (Å²) in [7, 11) is 0. The molecule has 0 spiro atoms. The second-order valence-electron chi connectivity index (χ2n) is 4.31. The highest BCUT2D eigenvalue weighted by Gasteiger charge is 2.13. The lowest BCUT2D eigenvalue weighted by Crippen LogP contribution is -2.23. The van der Waals surface area contributed by atoms with Gasteiger partial charge in [-0.1, -0.05) is 24.3 Å². The number of allylic oxidation sites excluding steroid dienone is 1. The third-order valence-corrected chi connectivity index (χ3v) is 1.75. The van der Waals surface area contributed by atoms with Crippen LogP contribution in [0.3, 0.4) is 0 Å². The molecule has 14 heavy (non-hydrogen) atoms. The summed E-state index contributed by atoms with van der Waals surface area (Å²) in [5.41, 5.74) is 1.05. The lowest BCUT2D eigenvalue weighted by molar-refractivity contribution is 0.129. The zero-order valence-electron chi connectivity index (χ0n) is 9.21. The molecule has 0 aliphatic rings. The van der Waals surface area contributed by atoms with Gasteiger partial charge in [-0.15, -0.1) is 6.58 Å². The topological polar surface area (TPSA) is 9.23 Å². The van der Waals surface area contributed by atoms with E-state index in [1.807, 2.05) is 24.3 Å². The molecule has 0 atom stereocenters. The van der Waals surface area contributed by atoms with Gasteiger partial charge in [0.1, 0.15) is 11.4 Å². The van der Waals surface area contributed by atoms with Crippen molar-refractivity contribution in [2.75, 3.05) is 0 Å². The van der Waals surface area contributed by atoms with Crippen LogP contribution in [-0.4, -0.2) is 5.60 Å². The first-order valence-electron chi connectivity index (χ1n) is 4.91. The molecule has 0 saturated carbocycles. The lowest BCUT2D eigenvalue weighted by atomic mass is 10.1. The van der Waals surface area contributed by atoms with Crippen molar-refractivity contribution in [2.45, 2.75) is 32.8 Å². The van der Waals surface area contributed by atoms with E-state index in [2.05, 4.69) is 33.4 Å². The SMILES string of the molecule is C=CCc1ccccc1OC(C)(C)C. The summed E-state index contributed by atoms with van der Waals surface area (Å²) in [6.45, 7) is 9.90. The molecule has 0 bridgehead atoms. The Morgan fingerprint density at radius 1 is 1.29 bits per heavy atom. The molecular formula is C13H18O. The van der Waals surface area contributed by atoms with Crippen LogP contribution in [0.15, 0.2) is 36.9 Å². The molecule has 1 aromatic carbocycles. The molecule has 0 aromatic heterocycles. The Morgan fingerprint density at radius 2 is 1.93 bits per heavy atom. The van der Waals surface area contributed by atoms with Crippen molar-refractivity contribution in [3.8, 4) is 5.75 Å². The second-order valence-corrected chi connectivity index (χ2v) is 4.31. The molecule has 0 fully saturated rings. The van der Waals surface area contributed by atoms with Crippen LogP contribution in [0.2, 0.25) is 0 Å². The maximum atomic E-state index is 5.84. The van der Waals surface area contributed by atoms with Gasteiger partial charge in [-0.05, 0) is 38.8 Å². The van der Waals surface area contributed by atoms with Gasteiger partial charge in [-0.2, -0.15) is 0 Å². The molecule has 0 amide bonds. The fraction of sp³-hybridized carbons (Fsp3) is 0.385. The largest absolute Gasteiger partial charge is 0.488 e. The Balaban J connectivity index is 2.89. The van der Waals surface area contributed by atoms with Crippen molar-refractivity contribution in [3.05, 3.63) is 42.5 Å². The fourth-order valence-electron chi connectivity index (χ4n) is 1.26. The number of hydrogen-bond acceptors (Lipinski definition) is 1. The van der Waals surface area contributed by atoms with E-state index in [-0.39, 0.29) is 5.60 Å². The second kappa shape index (κ2) is 4.32. The minimum Gasteiger partial charge on any atom is -0.488 e. The van der Waals surface area contributed by atoms with Crippen LogP contribution in [0, 0.1) is 0 Å². The van der Waals surface area contributed by atoms with Gasteiger partial charge in [0.2, 0.25) is 0 Å². The molecule has 76 valence electrons. The summed E-state index contributed by atoms with van der Waals surface area (Å²) in [6, 6.07) is 8.09. The van der Waals surface area contributed by atoms with Crippen LogP contribution < -0.4 is 4.74 Å². The summed E-state index contributed by atoms with van der Waals surface area (Å²) in [6.07, 6.45) is 2.75. The summed E-state index contributed by atoms with van der Waals surface area (Å²) >= 11 is 0. The van der Waals surface area contributed by atoms with Crippen LogP contribution in [0.25, 0.3) is 0 Å². The van der Waals surface area contributed by atoms with E-state index in [0.29, 0.717) is 0 Å². The zero-order valence-corrected chi connectivity index (χ0v) is 9.21. The predicted octanol–water partition coefficient (Wildman–Crippen LogP) is 3.59. The monoisotopic (exact) mass is 190 g/mol. The molecule has 1 heteroatoms. The summed E-state index contributed by atoms with van der Waals surface area (Å²) in [4.78, 5) is 0. The summed E-state index contributed by atoms with van der Waals surface area (Å²) < 4.78 is 5.84. The minimum atomic E-state index is -0.142. The highest BCUT2D eigenvalue weighted by Crippen LogP contribution is 2.23. The van der Waals surface area contributed by atoms with Gasteiger partial charge in [0.25, 0.3) is 0 Å². The van der Waals surface area contributed by atoms with Crippen LogP contribution >= 0.6 is 0 Å². The molecule has 1 aromatic rings. The fourth-order valence-corrected chi connectivity index (χ4v) is 1.26. The maximum absolute atomic E-state index is 5.84. The molecule has 0 radical (unpaired) electrons. The van der Waals surface area contributed by atoms with Crippen LogP contribution in [0.1, 0.15) is 26.3 Å². The Bertz CT molecular complexity index is 307. The lowest BCUT2D eigenvalue weighted by Gasteiger charge is -2.23. The zero-order chi connectivity index (χ0) is 10.6. The Kier molecular flexibility index (Phi) is 3.34. The molecular weight excluding hydrogens is 172 g/mol. The minimum absolute atomic E-state index is 0.142. The van der Waals surface area contributed by atoms with Crippen molar-refractivity contribution in [1.82, 2.24) is 0 Å². The number of ether oxygens (including phenoxy) is 1. The first kappa shape index (κ1) is 10.8. The normalized spacial score (nSPS) is 11.1. The van der Waals surface area contributed by atoms with Gasteiger partial charge in [-0.3, -0.25) is 0 Å². The number of hydrogen-bond donors (Lipinski definition) is 0. The van der Waals surface area contributed by atoms with E-state index in [0.717, 1.165) is 12.2 Å². The smallest absolute Gasteiger partial charge is 0.123 e. The highest BCUT2D eigenvalue weighted by molar-refractivity contribution is 5.35. The van der Waals surface area contributed by atoms with Crippen LogP contribution in [-0.2, 0) is 6.42 Å². The van der Waals surface area contributed by atoms with Crippen molar-refractivity contribution in [2.24, 2.45) is 0 Å². The first-order chi connectivity index (χ1) is 6.53.